The Morgan fingerprint density at radius 3 is 2.67 bits per heavy atom. The summed E-state index contributed by atoms with van der Waals surface area (Å²) >= 11 is 3.26. The van der Waals surface area contributed by atoms with E-state index in [9.17, 15) is 4.39 Å². The third-order valence-electron chi connectivity index (χ3n) is 1.68. The first-order valence-corrected chi connectivity index (χ1v) is 4.75. The van der Waals surface area contributed by atoms with E-state index in [-0.39, 0.29) is 11.9 Å². The fourth-order valence-electron chi connectivity index (χ4n) is 1.01. The van der Waals surface area contributed by atoms with Crippen LogP contribution >= 0.6 is 15.9 Å². The average Bonchev–Trinajstić information content (AvgIpc) is 2.10. The lowest BCUT2D eigenvalue weighted by molar-refractivity contribution is 0.121. The first kappa shape index (κ1) is 9.68. The second-order valence-electron chi connectivity index (χ2n) is 2.40. The monoisotopic (exact) mass is 232 g/mol. The van der Waals surface area contributed by atoms with Crippen molar-refractivity contribution < 1.29 is 9.13 Å². The quantitative estimate of drug-likeness (QED) is 0.729. The van der Waals surface area contributed by atoms with Crippen LogP contribution in [-0.2, 0) is 4.74 Å². The molecule has 0 N–H and O–H groups in total. The van der Waals surface area contributed by atoms with Crippen LogP contribution in [0, 0.1) is 5.82 Å². The summed E-state index contributed by atoms with van der Waals surface area (Å²) in [7, 11) is 1.57. The lowest BCUT2D eigenvalue weighted by Gasteiger charge is -2.12. The summed E-state index contributed by atoms with van der Waals surface area (Å²) in [5, 5.41) is 0.602. The van der Waals surface area contributed by atoms with Gasteiger partial charge in [-0.1, -0.05) is 34.1 Å². The molecule has 1 aromatic rings. The Kier molecular flexibility index (Phi) is 3.69. The Hall–Kier alpha value is -0.410. The number of halogens is 2. The summed E-state index contributed by atoms with van der Waals surface area (Å²) in [6.45, 7) is 0. The molecule has 0 unspecified atom stereocenters. The number of benzene rings is 1. The first-order chi connectivity index (χ1) is 5.79. The normalized spacial score (nSPS) is 12.9. The van der Waals surface area contributed by atoms with Crippen molar-refractivity contribution in [2.45, 2.75) is 6.10 Å². The van der Waals surface area contributed by atoms with Gasteiger partial charge in [-0.15, -0.1) is 0 Å². The zero-order valence-electron chi connectivity index (χ0n) is 6.76. The second-order valence-corrected chi connectivity index (χ2v) is 3.05. The van der Waals surface area contributed by atoms with Gasteiger partial charge in [0.1, 0.15) is 5.82 Å². The second kappa shape index (κ2) is 4.58. The van der Waals surface area contributed by atoms with E-state index in [2.05, 4.69) is 15.9 Å². The third-order valence-corrected chi connectivity index (χ3v) is 2.26. The minimum absolute atomic E-state index is 0.203. The molecule has 0 fully saturated rings. The number of alkyl halides is 1. The molecule has 66 valence electrons. The molecule has 0 spiro atoms. The van der Waals surface area contributed by atoms with Crippen LogP contribution in [0.5, 0.6) is 0 Å². The molecule has 0 radical (unpaired) electrons. The van der Waals surface area contributed by atoms with Crippen LogP contribution in [-0.4, -0.2) is 12.4 Å². The van der Waals surface area contributed by atoms with Crippen LogP contribution in [0.2, 0.25) is 0 Å². The minimum Gasteiger partial charge on any atom is -0.376 e. The van der Waals surface area contributed by atoms with Crippen LogP contribution in [0.1, 0.15) is 11.7 Å². The molecule has 0 aromatic heterocycles. The van der Waals surface area contributed by atoms with Crippen molar-refractivity contribution in [3.8, 4) is 0 Å². The minimum atomic E-state index is -0.219. The van der Waals surface area contributed by atoms with E-state index in [0.717, 1.165) is 0 Å². The molecule has 0 amide bonds. The highest BCUT2D eigenvalue weighted by molar-refractivity contribution is 9.09. The van der Waals surface area contributed by atoms with Crippen molar-refractivity contribution in [2.75, 3.05) is 12.4 Å². The Balaban J connectivity index is 2.92. The SMILES string of the molecule is CO[C@@H](CBr)c1ccccc1F. The number of methoxy groups -OCH3 is 1. The molecule has 0 aliphatic rings. The molecule has 0 aliphatic heterocycles. The molecule has 3 heteroatoms. The van der Waals surface area contributed by atoms with Gasteiger partial charge in [-0.25, -0.2) is 4.39 Å². The van der Waals surface area contributed by atoms with Crippen LogP contribution in [0.15, 0.2) is 24.3 Å². The van der Waals surface area contributed by atoms with E-state index >= 15 is 0 Å². The molecule has 0 heterocycles. The van der Waals surface area contributed by atoms with Gasteiger partial charge in [0.05, 0.1) is 6.10 Å². The Bertz CT molecular complexity index is 248. The summed E-state index contributed by atoms with van der Waals surface area (Å²) in [4.78, 5) is 0. The van der Waals surface area contributed by atoms with E-state index in [1.54, 1.807) is 25.3 Å². The van der Waals surface area contributed by atoms with Crippen LogP contribution in [0.3, 0.4) is 0 Å². The average molecular weight is 233 g/mol. The molecule has 0 saturated heterocycles. The summed E-state index contributed by atoms with van der Waals surface area (Å²) in [5.74, 6) is -0.219. The maximum atomic E-state index is 13.1. The van der Waals surface area contributed by atoms with E-state index in [1.165, 1.54) is 6.07 Å². The predicted molar refractivity (Wildman–Crippen MR) is 49.9 cm³/mol. The fourth-order valence-corrected chi connectivity index (χ4v) is 1.62. The zero-order valence-corrected chi connectivity index (χ0v) is 8.34. The van der Waals surface area contributed by atoms with Crippen molar-refractivity contribution in [2.24, 2.45) is 0 Å². The summed E-state index contributed by atoms with van der Waals surface area (Å²) in [6, 6.07) is 6.63. The van der Waals surface area contributed by atoms with Gasteiger partial charge in [-0.3, -0.25) is 0 Å². The van der Waals surface area contributed by atoms with Crippen molar-refractivity contribution in [1.82, 2.24) is 0 Å². The molecule has 12 heavy (non-hydrogen) atoms. The maximum Gasteiger partial charge on any atom is 0.129 e. The van der Waals surface area contributed by atoms with Gasteiger partial charge >= 0.3 is 0 Å². The topological polar surface area (TPSA) is 9.23 Å². The van der Waals surface area contributed by atoms with Crippen LogP contribution in [0.25, 0.3) is 0 Å². The first-order valence-electron chi connectivity index (χ1n) is 3.62. The smallest absolute Gasteiger partial charge is 0.129 e. The van der Waals surface area contributed by atoms with Gasteiger partial charge in [0.25, 0.3) is 0 Å². The zero-order chi connectivity index (χ0) is 8.97. The summed E-state index contributed by atoms with van der Waals surface area (Å²) in [6.07, 6.45) is -0.203. The molecule has 1 atom stereocenters. The van der Waals surface area contributed by atoms with Gasteiger partial charge in [0.2, 0.25) is 0 Å². The van der Waals surface area contributed by atoms with E-state index < -0.39 is 0 Å². The van der Waals surface area contributed by atoms with Crippen molar-refractivity contribution in [3.05, 3.63) is 35.6 Å². The van der Waals surface area contributed by atoms with Gasteiger partial charge < -0.3 is 4.74 Å². The number of ether oxygens (including phenoxy) is 1. The van der Waals surface area contributed by atoms with Crippen molar-refractivity contribution >= 4 is 15.9 Å². The van der Waals surface area contributed by atoms with Crippen molar-refractivity contribution in [1.29, 1.82) is 0 Å². The lowest BCUT2D eigenvalue weighted by atomic mass is 10.1. The van der Waals surface area contributed by atoms with Crippen molar-refractivity contribution in [3.63, 3.8) is 0 Å². The largest absolute Gasteiger partial charge is 0.376 e. The highest BCUT2D eigenvalue weighted by Crippen LogP contribution is 2.21. The standard InChI is InChI=1S/C9H10BrFO/c1-12-9(6-10)7-4-2-3-5-8(7)11/h2-5,9H,6H2,1H3/t9-/m0/s1. The molecular weight excluding hydrogens is 223 g/mol. The molecule has 1 rings (SSSR count). The Morgan fingerprint density at radius 2 is 2.17 bits per heavy atom. The number of rotatable bonds is 3. The van der Waals surface area contributed by atoms with E-state index in [1.807, 2.05) is 0 Å². The molecule has 1 nitrogen and oxygen atoms in total. The van der Waals surface area contributed by atoms with Gasteiger partial charge in [0.15, 0.2) is 0 Å². The molecular formula is C9H10BrFO. The third kappa shape index (κ3) is 2.05. The molecule has 1 aromatic carbocycles. The predicted octanol–water partition coefficient (Wildman–Crippen LogP) is 2.91. The number of hydrogen-bond donors (Lipinski definition) is 0. The fraction of sp³-hybridized carbons (Fsp3) is 0.333. The lowest BCUT2D eigenvalue weighted by Crippen LogP contribution is -2.04. The number of hydrogen-bond acceptors (Lipinski definition) is 1. The van der Waals surface area contributed by atoms with Crippen LogP contribution < -0.4 is 0 Å². The van der Waals surface area contributed by atoms with Crippen LogP contribution in [0.4, 0.5) is 4.39 Å². The Labute approximate surface area is 79.7 Å². The van der Waals surface area contributed by atoms with E-state index in [4.69, 9.17) is 4.74 Å². The highest BCUT2D eigenvalue weighted by atomic mass is 79.9. The van der Waals surface area contributed by atoms with E-state index in [0.29, 0.717) is 10.9 Å². The summed E-state index contributed by atoms with van der Waals surface area (Å²) in [5.41, 5.74) is 0.594. The van der Waals surface area contributed by atoms with Gasteiger partial charge in [0, 0.05) is 18.0 Å². The Morgan fingerprint density at radius 1 is 1.50 bits per heavy atom. The molecule has 0 saturated carbocycles. The maximum absolute atomic E-state index is 13.1. The van der Waals surface area contributed by atoms with Gasteiger partial charge in [-0.05, 0) is 6.07 Å². The van der Waals surface area contributed by atoms with Gasteiger partial charge in [-0.2, -0.15) is 0 Å². The molecule has 0 bridgehead atoms. The molecule has 0 aliphatic carbocycles. The summed E-state index contributed by atoms with van der Waals surface area (Å²) < 4.78 is 18.2. The highest BCUT2D eigenvalue weighted by Gasteiger charge is 2.12.